The van der Waals surface area contributed by atoms with E-state index in [1.807, 2.05) is 4.90 Å². The van der Waals surface area contributed by atoms with Gasteiger partial charge < -0.3 is 78.7 Å². The van der Waals surface area contributed by atoms with Crippen LogP contribution in [-0.4, -0.2) is 179 Å². The highest BCUT2D eigenvalue weighted by Crippen LogP contribution is 2.50. The average Bonchev–Trinajstić information content (AvgIpc) is 1.26. The van der Waals surface area contributed by atoms with Gasteiger partial charge in [-0.1, -0.05) is 45.9 Å². The van der Waals surface area contributed by atoms with Gasteiger partial charge in [0, 0.05) is 112 Å². The highest BCUT2D eigenvalue weighted by molar-refractivity contribution is 6.32. The van der Waals surface area contributed by atoms with Crippen LogP contribution in [-0.2, 0) is 23.7 Å². The molecule has 6 N–H and O–H groups in total. The first-order valence-corrected chi connectivity index (χ1v) is 30.3. The second-order valence-corrected chi connectivity index (χ2v) is 24.6. The quantitative estimate of drug-likeness (QED) is 0.141. The van der Waals surface area contributed by atoms with E-state index in [-0.39, 0.29) is 89.4 Å². The molecule has 8 aliphatic rings. The van der Waals surface area contributed by atoms with Crippen LogP contribution in [0.3, 0.4) is 0 Å². The molecule has 2 amide bonds. The number of rotatable bonds is 9. The van der Waals surface area contributed by atoms with Gasteiger partial charge >= 0.3 is 17.8 Å². The van der Waals surface area contributed by atoms with E-state index in [1.54, 1.807) is 54.2 Å². The number of carboxylic acid groups (broad SMARTS) is 1. The molecule has 5 bridgehead atoms. The van der Waals surface area contributed by atoms with Crippen LogP contribution in [0.2, 0.25) is 0 Å². The number of hydrogen-bond acceptors (Lipinski definition) is 19. The summed E-state index contributed by atoms with van der Waals surface area (Å²) >= 11 is 0. The Kier molecular flexibility index (Phi) is 18.3. The molecule has 2 aromatic carbocycles. The third-order valence-corrected chi connectivity index (χ3v) is 18.7. The lowest BCUT2D eigenvalue weighted by Gasteiger charge is -2.41. The number of ether oxygens (including phenoxy) is 6. The minimum Gasteiger partial charge on any atom is -0.507 e. The average molecular weight is 1220 g/mol. The number of pyridine rings is 1. The number of aliphatic hydroxyl groups excluding tert-OH is 2. The first-order valence-electron chi connectivity index (χ1n) is 30.3. The largest absolute Gasteiger partial charge is 0.507 e. The second-order valence-electron chi connectivity index (χ2n) is 24.6. The van der Waals surface area contributed by atoms with E-state index in [1.165, 1.54) is 59.6 Å². The summed E-state index contributed by atoms with van der Waals surface area (Å²) < 4.78 is 54.2. The van der Waals surface area contributed by atoms with Crippen LogP contribution in [0.1, 0.15) is 133 Å². The molecule has 0 radical (unpaired) electrons. The number of benzene rings is 2. The van der Waals surface area contributed by atoms with Crippen molar-refractivity contribution in [2.75, 3.05) is 71.6 Å². The van der Waals surface area contributed by atoms with Crippen LogP contribution < -0.4 is 30.4 Å². The summed E-state index contributed by atoms with van der Waals surface area (Å²) in [6.45, 7) is 13.3. The summed E-state index contributed by atoms with van der Waals surface area (Å²) in [4.78, 5) is 103. The Morgan fingerprint density at radius 2 is 1.55 bits per heavy atom. The number of aliphatic hydroxyl groups is 2. The number of methoxy groups -OCH3 is 2. The van der Waals surface area contributed by atoms with E-state index in [0.717, 1.165) is 25.3 Å². The third-order valence-electron chi connectivity index (χ3n) is 18.7. The smallest absolute Gasteiger partial charge is 0.410 e. The van der Waals surface area contributed by atoms with Gasteiger partial charge in [0.1, 0.15) is 40.2 Å². The number of Topliss-reactive ketones (excluding diaryl/α,β-unsaturated/α-hetero) is 3. The molecule has 0 spiro atoms. The number of phenolic OH excluding ortho intramolecular Hbond substituents is 1. The Bertz CT molecular complexity index is 3500. The maximum atomic E-state index is 16.3. The molecular formula is C64H79FN6O17. The number of aromatic nitrogens is 1. The van der Waals surface area contributed by atoms with Crippen molar-refractivity contribution >= 4 is 51.9 Å². The lowest BCUT2D eigenvalue weighted by atomic mass is 9.78. The van der Waals surface area contributed by atoms with Crippen molar-refractivity contribution in [3.05, 3.63) is 104 Å². The summed E-state index contributed by atoms with van der Waals surface area (Å²) in [7, 11) is 2.84. The minimum absolute atomic E-state index is 0.0311. The van der Waals surface area contributed by atoms with Crippen LogP contribution in [0.25, 0.3) is 10.9 Å². The van der Waals surface area contributed by atoms with Crippen molar-refractivity contribution in [2.45, 2.75) is 135 Å². The maximum Gasteiger partial charge on any atom is 0.410 e. The molecule has 24 heteroatoms. The molecule has 474 valence electrons. The molecule has 3 saturated heterocycles. The number of piperidine rings is 2. The number of aromatic hydroxyl groups is 1. The van der Waals surface area contributed by atoms with Crippen molar-refractivity contribution < 1.29 is 82.0 Å². The van der Waals surface area contributed by atoms with E-state index >= 15 is 4.39 Å². The van der Waals surface area contributed by atoms with Gasteiger partial charge in [-0.15, -0.1) is 0 Å². The van der Waals surface area contributed by atoms with Crippen molar-refractivity contribution in [1.82, 2.24) is 25.0 Å². The number of likely N-dealkylation sites (tertiary alicyclic amines) is 1. The Hall–Kier alpha value is -7.64. The van der Waals surface area contributed by atoms with Crippen molar-refractivity contribution in [2.24, 2.45) is 23.7 Å². The summed E-state index contributed by atoms with van der Waals surface area (Å²) in [6, 6.07) is 0.936. The first-order chi connectivity index (χ1) is 41.9. The number of anilines is 1. The Morgan fingerprint density at radius 1 is 0.841 bits per heavy atom. The number of halogens is 1. The minimum atomic E-state index is -2.16. The number of nitrogens with zero attached hydrogens (tertiary/aromatic N) is 4. The van der Waals surface area contributed by atoms with Crippen molar-refractivity contribution in [3.8, 4) is 17.2 Å². The number of nitrogens with one attached hydrogen (secondary N) is 2. The zero-order valence-corrected chi connectivity index (χ0v) is 51.1. The first kappa shape index (κ1) is 63.4. The number of aromatic carboxylic acids is 1. The van der Waals surface area contributed by atoms with Gasteiger partial charge in [0.2, 0.25) is 17.0 Å². The van der Waals surface area contributed by atoms with Crippen molar-refractivity contribution in [1.29, 1.82) is 0 Å². The number of carboxylic acids is 1. The predicted octanol–water partition coefficient (Wildman–Crippen LogP) is 6.08. The van der Waals surface area contributed by atoms with E-state index in [0.29, 0.717) is 51.0 Å². The molecule has 10 atom stereocenters. The summed E-state index contributed by atoms with van der Waals surface area (Å²) in [5, 5.41) is 51.8. The van der Waals surface area contributed by atoms with E-state index in [2.05, 4.69) is 10.6 Å². The number of allylic oxidation sites excluding steroid dienone is 4. The fourth-order valence-corrected chi connectivity index (χ4v) is 13.4. The molecule has 4 fully saturated rings. The molecule has 6 aliphatic heterocycles. The van der Waals surface area contributed by atoms with Gasteiger partial charge in [-0.05, 0) is 64.5 Å². The number of fused-ring (bicyclic) bond motifs is 15. The van der Waals surface area contributed by atoms with Gasteiger partial charge in [-0.25, -0.2) is 14.0 Å². The molecular weight excluding hydrogens is 1140 g/mol. The zero-order chi connectivity index (χ0) is 63.4. The van der Waals surface area contributed by atoms with E-state index in [9.17, 15) is 54.0 Å². The summed E-state index contributed by atoms with van der Waals surface area (Å²) in [6.07, 6.45) is 7.69. The second kappa shape index (κ2) is 25.5. The Labute approximate surface area is 508 Å². The van der Waals surface area contributed by atoms with E-state index in [4.69, 9.17) is 28.4 Å². The molecule has 1 unspecified atom stereocenters. The normalized spacial score (nSPS) is 28.6. The van der Waals surface area contributed by atoms with Crippen LogP contribution in [0, 0.1) is 36.4 Å². The molecule has 1 saturated carbocycles. The predicted molar refractivity (Wildman–Crippen MR) is 318 cm³/mol. The lowest BCUT2D eigenvalue weighted by molar-refractivity contribution is -0.116. The number of hydrogen-bond donors (Lipinski definition) is 6. The number of amides is 2. The third kappa shape index (κ3) is 11.8. The fraction of sp³-hybridized carbons (Fsp3) is 0.547. The number of ketones is 3. The van der Waals surface area contributed by atoms with Gasteiger partial charge in [-0.2, -0.15) is 0 Å². The highest BCUT2D eigenvalue weighted by atomic mass is 19.1. The van der Waals surface area contributed by atoms with Crippen molar-refractivity contribution in [3.63, 3.8) is 0 Å². The van der Waals surface area contributed by atoms with Gasteiger partial charge in [0.15, 0.2) is 11.6 Å². The van der Waals surface area contributed by atoms with E-state index < -0.39 is 129 Å². The SMILES string of the molecule is COc1c(N2CCCC(NC3CCN(C(=O)O[C@H]4[C@H](C)[C@H](O)[C@H](C)[C@@H](O)[C@@H](C)C=CC=C(C)C(=O)NC5=C(N6CCOCC6)C(=O)c6c(c(O)c(C)c7c6C(=O)[C@@](C)(OC=C[C@H](OC)[C@H]4C)O7)C5=O)CC3)C2)c(F)cc2c(=O)c(C(=O)O)cn(C3CC3)c12. The van der Waals surface area contributed by atoms with Crippen LogP contribution in [0.15, 0.2) is 64.6 Å². The van der Waals surface area contributed by atoms with Crippen LogP contribution in [0.5, 0.6) is 17.2 Å². The van der Waals surface area contributed by atoms with Gasteiger partial charge in [0.25, 0.3) is 11.7 Å². The number of morpholine rings is 1. The lowest BCUT2D eigenvalue weighted by Crippen LogP contribution is -2.53. The monoisotopic (exact) mass is 1220 g/mol. The molecule has 1 aromatic heterocycles. The number of carbonyl (C=O) groups excluding carboxylic acids is 5. The molecule has 88 heavy (non-hydrogen) atoms. The Balaban J connectivity index is 0.883. The highest BCUT2D eigenvalue weighted by Gasteiger charge is 2.53. The van der Waals surface area contributed by atoms with Crippen LogP contribution in [0.4, 0.5) is 14.9 Å². The standard InChI is InChI=1S/C64H79FN6O17/c1-31-12-10-13-32(2)61(79)67-47-50(68-23-26-85-27-24-68)56(77)44-45(55(47)76)53(74)36(6)58-46(44)60(78)64(7,88-58)86-25-19-43(83-8)33(3)57(35(5)52(73)34(4)51(31)72)87-63(82)69-21-17-37(18-22-69)66-38-14-11-20-70(29-38)49-42(65)28-40-48(59(49)84-9)71(39-15-16-39)30-41(54(40)75)62(80)81/h10,12-13,19,25,28,30-31,33-35,37-39,43,51-52,57,66,72-74H,11,14-18,20-24,26-27,29H2,1-9H3,(H,67,79)(H,80,81)/t31-,33+,34+,35+,38?,43-,51-,52+,57+,64-/m0/s1. The van der Waals surface area contributed by atoms with Gasteiger partial charge in [0.05, 0.1) is 72.5 Å². The van der Waals surface area contributed by atoms with Crippen LogP contribution >= 0.6 is 0 Å². The fourth-order valence-electron chi connectivity index (χ4n) is 13.4. The number of carbonyl (C=O) groups is 6. The maximum absolute atomic E-state index is 16.3. The molecule has 11 rings (SSSR count). The molecule has 23 nitrogen and oxygen atoms in total. The molecule has 7 heterocycles. The summed E-state index contributed by atoms with van der Waals surface area (Å²) in [5.74, 6) is -11.2. The topological polar surface area (TPSA) is 294 Å². The molecule has 3 aromatic rings. The van der Waals surface area contributed by atoms with Gasteiger partial charge in [-0.3, -0.25) is 24.0 Å². The Morgan fingerprint density at radius 3 is 2.20 bits per heavy atom. The molecule has 2 aliphatic carbocycles. The summed E-state index contributed by atoms with van der Waals surface area (Å²) in [5.41, 5.74) is -2.35. The number of phenols is 1. The zero-order valence-electron chi connectivity index (χ0n) is 51.1.